The van der Waals surface area contributed by atoms with E-state index >= 15 is 0 Å². The molecule has 1 aliphatic carbocycles. The van der Waals surface area contributed by atoms with Crippen molar-refractivity contribution in [2.24, 2.45) is 5.92 Å². The molecular weight excluding hydrogens is 618 g/mol. The summed E-state index contributed by atoms with van der Waals surface area (Å²) in [6.07, 6.45) is 4.79. The van der Waals surface area contributed by atoms with Crippen molar-refractivity contribution in [2.45, 2.75) is 95.4 Å². The lowest BCUT2D eigenvalue weighted by molar-refractivity contribution is -0.127. The van der Waals surface area contributed by atoms with Crippen molar-refractivity contribution in [3.8, 4) is 0 Å². The first-order chi connectivity index (χ1) is 22.1. The Kier molecular flexibility index (Phi) is 16.0. The van der Waals surface area contributed by atoms with Crippen LogP contribution < -0.4 is 16.0 Å². The summed E-state index contributed by atoms with van der Waals surface area (Å²) in [6, 6.07) is -0.640. The van der Waals surface area contributed by atoms with E-state index in [0.29, 0.717) is 78.6 Å². The van der Waals surface area contributed by atoms with Gasteiger partial charge in [-0.1, -0.05) is 11.6 Å². The molecule has 0 radical (unpaired) electrons. The van der Waals surface area contributed by atoms with Gasteiger partial charge in [0.15, 0.2) is 0 Å². The van der Waals surface area contributed by atoms with E-state index in [1.165, 1.54) is 12.5 Å². The summed E-state index contributed by atoms with van der Waals surface area (Å²) in [6.45, 7) is 11.9. The van der Waals surface area contributed by atoms with Crippen LogP contribution in [0.3, 0.4) is 0 Å². The number of methoxy groups -OCH3 is 1. The molecule has 14 heteroatoms. The molecule has 3 rings (SSSR count). The predicted molar refractivity (Wildman–Crippen MR) is 174 cm³/mol. The monoisotopic (exact) mass is 673 g/mol. The van der Waals surface area contributed by atoms with Gasteiger partial charge in [-0.2, -0.15) is 12.6 Å². The summed E-state index contributed by atoms with van der Waals surface area (Å²) in [5.74, 6) is -0.311. The van der Waals surface area contributed by atoms with Crippen molar-refractivity contribution >= 4 is 30.5 Å². The highest BCUT2D eigenvalue weighted by Crippen LogP contribution is 2.59. The molecule has 46 heavy (non-hydrogen) atoms. The second-order valence-electron chi connectivity index (χ2n) is 12.5. The van der Waals surface area contributed by atoms with Gasteiger partial charge in [-0.3, -0.25) is 9.59 Å². The fraction of sp³-hybridized carbons (Fsp3) is 0.844. The van der Waals surface area contributed by atoms with Crippen LogP contribution in [0, 0.1) is 5.92 Å². The van der Waals surface area contributed by atoms with Crippen molar-refractivity contribution in [1.82, 2.24) is 16.0 Å². The fourth-order valence-corrected chi connectivity index (χ4v) is 6.36. The van der Waals surface area contributed by atoms with E-state index in [2.05, 4.69) is 55.4 Å². The molecule has 3 fully saturated rings. The number of allylic oxidation sites excluding steroid dienone is 1. The summed E-state index contributed by atoms with van der Waals surface area (Å²) in [4.78, 5) is 35.7. The van der Waals surface area contributed by atoms with Gasteiger partial charge >= 0.3 is 6.09 Å². The van der Waals surface area contributed by atoms with Crippen molar-refractivity contribution in [3.63, 3.8) is 0 Å². The molecule has 3 aliphatic rings. The minimum absolute atomic E-state index is 0.0111. The third kappa shape index (κ3) is 11.9. The largest absolute Gasteiger partial charge is 0.443 e. The van der Waals surface area contributed by atoms with Crippen LogP contribution in [-0.4, -0.2) is 126 Å². The van der Waals surface area contributed by atoms with E-state index < -0.39 is 12.1 Å². The number of alkyl carbamates (subject to hydrolysis) is 1. The van der Waals surface area contributed by atoms with Gasteiger partial charge < -0.3 is 49.1 Å². The number of ether oxygens (including phenoxy) is 7. The van der Waals surface area contributed by atoms with Gasteiger partial charge in [0.05, 0.1) is 45.1 Å². The highest BCUT2D eigenvalue weighted by atomic mass is 32.1. The van der Waals surface area contributed by atoms with Crippen molar-refractivity contribution < 1.29 is 47.5 Å². The molecule has 2 saturated heterocycles. The first-order valence-corrected chi connectivity index (χ1v) is 17.0. The first kappa shape index (κ1) is 38.5. The summed E-state index contributed by atoms with van der Waals surface area (Å²) in [5.41, 5.74) is 0.635. The Morgan fingerprint density at radius 3 is 2.13 bits per heavy atom. The Balaban J connectivity index is 1.18. The summed E-state index contributed by atoms with van der Waals surface area (Å²) in [5, 5.41) is 8.13. The number of carbonyl (C=O) groups is 3. The lowest BCUT2D eigenvalue weighted by Crippen LogP contribution is -2.56. The maximum atomic E-state index is 12.6. The van der Waals surface area contributed by atoms with Gasteiger partial charge in [-0.25, -0.2) is 4.79 Å². The van der Waals surface area contributed by atoms with E-state index in [-0.39, 0.29) is 53.0 Å². The molecule has 3 N–H and O–H groups in total. The van der Waals surface area contributed by atoms with Gasteiger partial charge in [0.2, 0.25) is 11.8 Å². The number of carbonyl (C=O) groups excluding carboxylic acids is 3. The third-order valence-corrected chi connectivity index (χ3v) is 8.98. The van der Waals surface area contributed by atoms with E-state index in [9.17, 15) is 14.4 Å². The quantitative estimate of drug-likeness (QED) is 0.0581. The molecular formula is C32H55N3O10S. The van der Waals surface area contributed by atoms with E-state index in [4.69, 9.17) is 33.2 Å². The molecule has 3 amide bonds. The maximum absolute atomic E-state index is 12.6. The molecule has 0 aromatic rings. The Labute approximate surface area is 278 Å². The predicted octanol–water partition coefficient (Wildman–Crippen LogP) is 2.17. The average molecular weight is 674 g/mol. The Hall–Kier alpha value is -1.94. The lowest BCUT2D eigenvalue weighted by atomic mass is 9.68. The molecule has 2 aliphatic heterocycles. The molecule has 7 atom stereocenters. The van der Waals surface area contributed by atoms with Gasteiger partial charge in [0, 0.05) is 46.1 Å². The summed E-state index contributed by atoms with van der Waals surface area (Å²) >= 11 is 4.08. The number of hydrogen-bond acceptors (Lipinski definition) is 11. The Morgan fingerprint density at radius 1 is 0.978 bits per heavy atom. The molecule has 2 heterocycles. The minimum atomic E-state index is -0.640. The zero-order valence-corrected chi connectivity index (χ0v) is 29.0. The molecule has 0 aromatic heterocycles. The van der Waals surface area contributed by atoms with Gasteiger partial charge in [0.1, 0.15) is 29.5 Å². The topological polar surface area (TPSA) is 159 Å². The smallest absolute Gasteiger partial charge is 0.407 e. The Bertz CT molecular complexity index is 1010. The van der Waals surface area contributed by atoms with Crippen LogP contribution >= 0.6 is 12.6 Å². The SMILES string of the molecule is CO[C@@H]1[C@H](OC(=O)NCCCOCCOCCOCCCNC(=O)[C@H](CS)NC(C)=O)CC[C@]2(CO2)[C@H]1[C@@]1(C)O[C@H]1CC=C(C)C. The summed E-state index contributed by atoms with van der Waals surface area (Å²) in [7, 11) is 1.67. The number of nitrogens with one attached hydrogen (secondary N) is 3. The standard InChI is InChI=1S/C32H55N3O10S/c1-22(2)8-9-26-31(4,45-26)28-27(39-5)25(10-11-32(28)21-43-32)44-30(38)34-13-7-15-41-17-19-42-18-16-40-14-6-12-33-29(37)24(20-46)35-23(3)36/h8,24-28,46H,6-7,9-21H2,1-5H3,(H,33,37)(H,34,38)(H,35,36)/t24-,25+,26-,27+,28+,31-,32-/m0/s1. The molecule has 0 unspecified atom stereocenters. The van der Waals surface area contributed by atoms with Crippen LogP contribution in [0.25, 0.3) is 0 Å². The van der Waals surface area contributed by atoms with Crippen LogP contribution in [0.15, 0.2) is 11.6 Å². The normalized spacial score (nSPS) is 28.7. The molecule has 1 spiro atoms. The number of epoxide rings is 2. The van der Waals surface area contributed by atoms with Gasteiger partial charge in [-0.05, 0) is 52.9 Å². The molecule has 0 bridgehead atoms. The highest BCUT2D eigenvalue weighted by molar-refractivity contribution is 7.80. The van der Waals surface area contributed by atoms with E-state index in [1.54, 1.807) is 7.11 Å². The number of amides is 3. The number of hydrogen-bond donors (Lipinski definition) is 4. The van der Waals surface area contributed by atoms with Crippen LogP contribution in [0.5, 0.6) is 0 Å². The minimum Gasteiger partial charge on any atom is -0.443 e. The third-order valence-electron chi connectivity index (χ3n) is 8.62. The molecule has 264 valence electrons. The number of thiol groups is 1. The number of rotatable bonds is 22. The van der Waals surface area contributed by atoms with Gasteiger partial charge in [0.25, 0.3) is 0 Å². The molecule has 0 aromatic carbocycles. The van der Waals surface area contributed by atoms with Crippen molar-refractivity contribution in [1.29, 1.82) is 0 Å². The average Bonchev–Trinajstić information content (AvgIpc) is 3.93. The fourth-order valence-electron chi connectivity index (χ4n) is 6.10. The van der Waals surface area contributed by atoms with Crippen molar-refractivity contribution in [2.75, 3.05) is 72.2 Å². The maximum Gasteiger partial charge on any atom is 0.407 e. The lowest BCUT2D eigenvalue weighted by Gasteiger charge is -2.42. The Morgan fingerprint density at radius 2 is 1.59 bits per heavy atom. The summed E-state index contributed by atoms with van der Waals surface area (Å²) < 4.78 is 40.6. The van der Waals surface area contributed by atoms with Crippen molar-refractivity contribution in [3.05, 3.63) is 11.6 Å². The second-order valence-corrected chi connectivity index (χ2v) is 12.9. The highest BCUT2D eigenvalue weighted by Gasteiger charge is 2.72. The second kappa shape index (κ2) is 19.2. The first-order valence-electron chi connectivity index (χ1n) is 16.4. The van der Waals surface area contributed by atoms with E-state index in [1.807, 2.05) is 0 Å². The van der Waals surface area contributed by atoms with Gasteiger partial charge in [-0.15, -0.1) is 0 Å². The van der Waals surface area contributed by atoms with Crippen LogP contribution in [0.2, 0.25) is 0 Å². The zero-order chi connectivity index (χ0) is 33.6. The molecule has 13 nitrogen and oxygen atoms in total. The zero-order valence-electron chi connectivity index (χ0n) is 28.1. The van der Waals surface area contributed by atoms with Crippen LogP contribution in [0.1, 0.15) is 59.8 Å². The van der Waals surface area contributed by atoms with E-state index in [0.717, 1.165) is 12.8 Å². The van der Waals surface area contributed by atoms with Crippen LogP contribution in [-0.2, 0) is 42.7 Å². The van der Waals surface area contributed by atoms with Crippen LogP contribution in [0.4, 0.5) is 4.79 Å². The molecule has 1 saturated carbocycles.